The van der Waals surface area contributed by atoms with Crippen LogP contribution < -0.4 is 15.3 Å². The maximum absolute atomic E-state index is 2.53. The molecule has 0 spiro atoms. The Labute approximate surface area is 320 Å². The van der Waals surface area contributed by atoms with Crippen LogP contribution in [0.3, 0.4) is 0 Å². The van der Waals surface area contributed by atoms with Gasteiger partial charge in [0.05, 0.1) is 5.69 Å². The maximum Gasteiger partial charge on any atom is 0.101 e. The number of fused-ring (bicyclic) bond motifs is 6. The van der Waals surface area contributed by atoms with Gasteiger partial charge in [0.15, 0.2) is 0 Å². The second kappa shape index (κ2) is 12.7. The van der Waals surface area contributed by atoms with Crippen LogP contribution in [0, 0.1) is 0 Å². The zero-order chi connectivity index (χ0) is 36.4. The molecular formula is C52H41NSi. The van der Waals surface area contributed by atoms with Crippen LogP contribution in [0.4, 0.5) is 17.1 Å². The fourth-order valence-corrected chi connectivity index (χ4v) is 11.7. The van der Waals surface area contributed by atoms with Crippen molar-refractivity contribution in [3.8, 4) is 55.6 Å². The topological polar surface area (TPSA) is 3.24 Å². The van der Waals surface area contributed by atoms with Crippen molar-refractivity contribution in [2.45, 2.75) is 25.8 Å². The third kappa shape index (κ3) is 5.13. The molecule has 1 unspecified atom stereocenters. The van der Waals surface area contributed by atoms with Gasteiger partial charge >= 0.3 is 0 Å². The number of rotatable bonds is 6. The molecule has 8 aromatic rings. The summed E-state index contributed by atoms with van der Waals surface area (Å²) in [5, 5.41) is 3.07. The molecule has 8 aromatic carbocycles. The third-order valence-electron chi connectivity index (χ3n) is 12.0. The fourth-order valence-electron chi connectivity index (χ4n) is 9.19. The first-order valence-corrected chi connectivity index (χ1v) is 21.4. The van der Waals surface area contributed by atoms with Crippen LogP contribution in [0.25, 0.3) is 55.6 Å². The second-order valence-corrected chi connectivity index (χ2v) is 18.0. The molecule has 1 atom stereocenters. The van der Waals surface area contributed by atoms with E-state index in [9.17, 15) is 0 Å². The lowest BCUT2D eigenvalue weighted by Gasteiger charge is -2.31. The number of benzene rings is 8. The molecule has 1 heterocycles. The largest absolute Gasteiger partial charge is 0.310 e. The van der Waals surface area contributed by atoms with Gasteiger partial charge < -0.3 is 4.90 Å². The fraction of sp³-hybridized carbons (Fsp3) is 0.0769. The second-order valence-electron chi connectivity index (χ2n) is 15.3. The van der Waals surface area contributed by atoms with E-state index in [1.54, 1.807) is 5.19 Å². The number of hydrogen-bond donors (Lipinski definition) is 0. The first-order chi connectivity index (χ1) is 26.5. The minimum atomic E-state index is -1.27. The van der Waals surface area contributed by atoms with E-state index in [-0.39, 0.29) is 5.41 Å². The van der Waals surface area contributed by atoms with Crippen molar-refractivity contribution in [2.75, 3.05) is 4.90 Å². The van der Waals surface area contributed by atoms with E-state index in [0.29, 0.717) is 0 Å². The Morgan fingerprint density at radius 2 is 0.944 bits per heavy atom. The Balaban J connectivity index is 1.23. The van der Waals surface area contributed by atoms with Gasteiger partial charge in [0.1, 0.15) is 8.80 Å². The number of hydrogen-bond acceptors (Lipinski definition) is 1. The zero-order valence-corrected chi connectivity index (χ0v) is 32.1. The van der Waals surface area contributed by atoms with Crippen LogP contribution in [0.5, 0.6) is 0 Å². The molecule has 0 bridgehead atoms. The molecule has 2 aliphatic rings. The summed E-state index contributed by atoms with van der Waals surface area (Å²) in [5.41, 5.74) is 18.9. The summed E-state index contributed by atoms with van der Waals surface area (Å²) in [6.45, 7) is 7.22. The Morgan fingerprint density at radius 3 is 1.72 bits per heavy atom. The number of anilines is 3. The average Bonchev–Trinajstić information content (AvgIpc) is 3.64. The van der Waals surface area contributed by atoms with Crippen LogP contribution >= 0.6 is 0 Å². The summed E-state index contributed by atoms with van der Waals surface area (Å²) in [4.78, 5) is 2.53. The molecule has 0 saturated heterocycles. The predicted octanol–water partition coefficient (Wildman–Crippen LogP) is 12.4. The van der Waals surface area contributed by atoms with E-state index >= 15 is 0 Å². The summed E-state index contributed by atoms with van der Waals surface area (Å²) in [6, 6.07) is 70.0. The third-order valence-corrected chi connectivity index (χ3v) is 14.8. The van der Waals surface area contributed by atoms with E-state index in [2.05, 4.69) is 213 Å². The molecule has 0 saturated carbocycles. The highest BCUT2D eigenvalue weighted by molar-refractivity contribution is 6.88. The Kier molecular flexibility index (Phi) is 7.64. The normalized spacial score (nSPS) is 14.5. The summed E-state index contributed by atoms with van der Waals surface area (Å²) < 4.78 is 0. The van der Waals surface area contributed by atoms with Crippen molar-refractivity contribution in [2.24, 2.45) is 0 Å². The smallest absolute Gasteiger partial charge is 0.101 e. The molecule has 10 rings (SSSR count). The highest BCUT2D eigenvalue weighted by atomic mass is 28.3. The van der Waals surface area contributed by atoms with Crippen molar-refractivity contribution in [3.05, 3.63) is 199 Å². The van der Waals surface area contributed by atoms with Crippen molar-refractivity contribution in [3.63, 3.8) is 0 Å². The maximum atomic E-state index is 2.53. The molecule has 0 radical (unpaired) electrons. The van der Waals surface area contributed by atoms with E-state index in [0.717, 1.165) is 5.69 Å². The Hall–Kier alpha value is -6.22. The molecule has 0 fully saturated rings. The quantitative estimate of drug-likeness (QED) is 0.156. The molecule has 0 N–H and O–H groups in total. The highest BCUT2D eigenvalue weighted by Gasteiger charge is 2.36. The van der Waals surface area contributed by atoms with Crippen molar-refractivity contribution < 1.29 is 0 Å². The average molecular weight is 708 g/mol. The van der Waals surface area contributed by atoms with Crippen molar-refractivity contribution >= 4 is 36.2 Å². The minimum Gasteiger partial charge on any atom is -0.310 e. The van der Waals surface area contributed by atoms with Gasteiger partial charge in [0.2, 0.25) is 0 Å². The molecule has 1 aliphatic carbocycles. The first kappa shape index (κ1) is 32.4. The van der Waals surface area contributed by atoms with E-state index < -0.39 is 8.80 Å². The summed E-state index contributed by atoms with van der Waals surface area (Å²) in [6.07, 6.45) is 0. The molecular weight excluding hydrogens is 667 g/mol. The molecule has 1 aliphatic heterocycles. The van der Waals surface area contributed by atoms with Crippen LogP contribution in [0.1, 0.15) is 25.0 Å². The van der Waals surface area contributed by atoms with Gasteiger partial charge in [-0.15, -0.1) is 0 Å². The molecule has 54 heavy (non-hydrogen) atoms. The summed E-state index contributed by atoms with van der Waals surface area (Å²) in [7, 11) is -1.27. The lowest BCUT2D eigenvalue weighted by molar-refractivity contribution is 0.660. The monoisotopic (exact) mass is 707 g/mol. The SMILES string of the molecule is C[SiH]1c2ccccc2-c2cc(N(c3ccc4c(c3)C(C)(C)c3ccccc3-4)c3cccc(-c4ccccc4)c3-c3ccc(-c4ccccc4)cc3)ccc21. The van der Waals surface area contributed by atoms with Gasteiger partial charge in [0.25, 0.3) is 0 Å². The van der Waals surface area contributed by atoms with Crippen LogP contribution in [-0.4, -0.2) is 8.80 Å². The molecule has 0 aromatic heterocycles. The molecule has 2 heteroatoms. The van der Waals surface area contributed by atoms with Crippen LogP contribution in [0.15, 0.2) is 188 Å². The lowest BCUT2D eigenvalue weighted by Crippen LogP contribution is -2.34. The minimum absolute atomic E-state index is 0.118. The standard InChI is InChI=1S/C52H41NSi/c1-52(2)46-22-12-10-19-42(46)43-31-29-40(34-47(43)52)53(39-30-32-50-45(33-39)44-20-11-13-24-49(44)54(50)3)48-23-14-21-41(37-17-8-5-9-18-37)51(48)38-27-25-36(26-28-38)35-15-6-4-7-16-35/h4-34,54H,1-3H3. The highest BCUT2D eigenvalue weighted by Crippen LogP contribution is 2.52. The van der Waals surface area contributed by atoms with Gasteiger partial charge in [-0.3, -0.25) is 0 Å². The van der Waals surface area contributed by atoms with E-state index in [1.165, 1.54) is 83.3 Å². The zero-order valence-electron chi connectivity index (χ0n) is 30.9. The molecule has 258 valence electrons. The van der Waals surface area contributed by atoms with Crippen LogP contribution in [-0.2, 0) is 5.41 Å². The predicted molar refractivity (Wildman–Crippen MR) is 233 cm³/mol. The van der Waals surface area contributed by atoms with Gasteiger partial charge in [-0.1, -0.05) is 188 Å². The lowest BCUT2D eigenvalue weighted by atomic mass is 9.82. The van der Waals surface area contributed by atoms with Crippen molar-refractivity contribution in [1.82, 2.24) is 0 Å². The molecule has 1 nitrogen and oxygen atoms in total. The van der Waals surface area contributed by atoms with Crippen LogP contribution in [0.2, 0.25) is 6.55 Å². The van der Waals surface area contributed by atoms with E-state index in [4.69, 9.17) is 0 Å². The van der Waals surface area contributed by atoms with Gasteiger partial charge in [0, 0.05) is 22.4 Å². The van der Waals surface area contributed by atoms with Gasteiger partial charge in [-0.2, -0.15) is 0 Å². The van der Waals surface area contributed by atoms with Gasteiger partial charge in [-0.25, -0.2) is 0 Å². The summed E-state index contributed by atoms with van der Waals surface area (Å²) >= 11 is 0. The Morgan fingerprint density at radius 1 is 0.389 bits per heavy atom. The van der Waals surface area contributed by atoms with Gasteiger partial charge in [-0.05, 0) is 91.5 Å². The number of nitrogens with zero attached hydrogens (tertiary/aromatic N) is 1. The van der Waals surface area contributed by atoms with Crippen molar-refractivity contribution in [1.29, 1.82) is 0 Å². The Bertz CT molecular complexity index is 2690. The van der Waals surface area contributed by atoms with E-state index in [1.807, 2.05) is 0 Å². The summed E-state index contributed by atoms with van der Waals surface area (Å²) in [5.74, 6) is 0. The molecule has 0 amide bonds. The first-order valence-electron chi connectivity index (χ1n) is 19.1.